The van der Waals surface area contributed by atoms with Gasteiger partial charge in [-0.25, -0.2) is 9.59 Å². The van der Waals surface area contributed by atoms with Gasteiger partial charge in [0.15, 0.2) is 5.75 Å². The summed E-state index contributed by atoms with van der Waals surface area (Å²) < 4.78 is 15.4. The Morgan fingerprint density at radius 3 is 2.32 bits per heavy atom. The van der Waals surface area contributed by atoms with Gasteiger partial charge < -0.3 is 19.5 Å². The van der Waals surface area contributed by atoms with Crippen LogP contribution in [0.3, 0.4) is 0 Å². The molecule has 0 saturated carbocycles. The summed E-state index contributed by atoms with van der Waals surface area (Å²) in [5, 5.41) is 2.85. The van der Waals surface area contributed by atoms with Crippen molar-refractivity contribution in [3.8, 4) is 5.75 Å². The fourth-order valence-corrected chi connectivity index (χ4v) is 1.87. The van der Waals surface area contributed by atoms with E-state index in [1.54, 1.807) is 18.2 Å². The lowest BCUT2D eigenvalue weighted by atomic mass is 10.2. The number of carbonyl (C=O) groups is 2. The molecular formula is C13H11NO5. The molecule has 1 aromatic rings. The van der Waals surface area contributed by atoms with Gasteiger partial charge in [0.25, 0.3) is 5.79 Å². The van der Waals surface area contributed by atoms with Crippen molar-refractivity contribution in [1.82, 2.24) is 0 Å². The highest BCUT2D eigenvalue weighted by Crippen LogP contribution is 2.35. The number of esters is 2. The molecule has 98 valence electrons. The molecule has 0 aromatic heterocycles. The molecular weight excluding hydrogens is 250 g/mol. The first-order valence-electron chi connectivity index (χ1n) is 5.71. The molecule has 2 aliphatic heterocycles. The van der Waals surface area contributed by atoms with E-state index in [0.29, 0.717) is 11.4 Å². The number of rotatable bonds is 0. The van der Waals surface area contributed by atoms with Gasteiger partial charge in [0.2, 0.25) is 11.5 Å². The molecule has 6 heteroatoms. The Morgan fingerprint density at radius 1 is 1.05 bits per heavy atom. The molecule has 0 aliphatic carbocycles. The van der Waals surface area contributed by atoms with Crippen LogP contribution in [0.4, 0.5) is 5.69 Å². The van der Waals surface area contributed by atoms with Crippen LogP contribution in [0.2, 0.25) is 0 Å². The zero-order valence-electron chi connectivity index (χ0n) is 10.4. The van der Waals surface area contributed by atoms with Crippen molar-refractivity contribution < 1.29 is 23.8 Å². The number of para-hydroxylation sites is 2. The summed E-state index contributed by atoms with van der Waals surface area (Å²) >= 11 is 0. The number of ether oxygens (including phenoxy) is 3. The summed E-state index contributed by atoms with van der Waals surface area (Å²) in [6.45, 7) is 2.98. The lowest BCUT2D eigenvalue weighted by molar-refractivity contribution is -0.222. The van der Waals surface area contributed by atoms with E-state index < -0.39 is 17.7 Å². The van der Waals surface area contributed by atoms with E-state index in [1.165, 1.54) is 13.8 Å². The Balaban J connectivity index is 1.98. The number of hydrogen-bond acceptors (Lipinski definition) is 6. The molecule has 0 unspecified atom stereocenters. The van der Waals surface area contributed by atoms with Gasteiger partial charge in [-0.15, -0.1) is 0 Å². The van der Waals surface area contributed by atoms with E-state index in [9.17, 15) is 9.59 Å². The van der Waals surface area contributed by atoms with Gasteiger partial charge in [0.05, 0.1) is 5.69 Å². The summed E-state index contributed by atoms with van der Waals surface area (Å²) in [4.78, 5) is 23.7. The van der Waals surface area contributed by atoms with Crippen molar-refractivity contribution in [3.05, 3.63) is 35.7 Å². The lowest BCUT2D eigenvalue weighted by Crippen LogP contribution is -2.43. The molecule has 1 aromatic carbocycles. The van der Waals surface area contributed by atoms with E-state index >= 15 is 0 Å². The van der Waals surface area contributed by atoms with Crippen molar-refractivity contribution in [1.29, 1.82) is 0 Å². The zero-order chi connectivity index (χ0) is 13.6. The third kappa shape index (κ3) is 1.91. The van der Waals surface area contributed by atoms with Gasteiger partial charge in [-0.2, -0.15) is 0 Å². The Bertz CT molecular complexity index is 568. The number of fused-ring (bicyclic) bond motifs is 1. The number of benzene rings is 1. The van der Waals surface area contributed by atoms with Crippen LogP contribution in [-0.2, 0) is 19.1 Å². The predicted octanol–water partition coefficient (Wildman–Crippen LogP) is 1.54. The molecule has 2 heterocycles. The molecule has 0 spiro atoms. The van der Waals surface area contributed by atoms with Crippen LogP contribution in [-0.4, -0.2) is 17.7 Å². The smallest absolute Gasteiger partial charge is 0.354 e. The predicted molar refractivity (Wildman–Crippen MR) is 64.0 cm³/mol. The van der Waals surface area contributed by atoms with E-state index in [1.807, 2.05) is 6.07 Å². The maximum atomic E-state index is 11.9. The molecule has 19 heavy (non-hydrogen) atoms. The Morgan fingerprint density at radius 2 is 1.68 bits per heavy atom. The molecule has 6 nitrogen and oxygen atoms in total. The molecule has 1 N–H and O–H groups in total. The van der Waals surface area contributed by atoms with Crippen molar-refractivity contribution in [2.45, 2.75) is 19.6 Å². The van der Waals surface area contributed by atoms with Crippen molar-refractivity contribution >= 4 is 17.6 Å². The van der Waals surface area contributed by atoms with Crippen molar-refractivity contribution in [2.75, 3.05) is 5.32 Å². The number of hydrogen-bond donors (Lipinski definition) is 1. The molecule has 1 fully saturated rings. The van der Waals surface area contributed by atoms with Crippen LogP contribution >= 0.6 is 0 Å². The van der Waals surface area contributed by atoms with Gasteiger partial charge in [-0.05, 0) is 12.1 Å². The van der Waals surface area contributed by atoms with Gasteiger partial charge in [-0.3, -0.25) is 0 Å². The second kappa shape index (κ2) is 3.74. The lowest BCUT2D eigenvalue weighted by Gasteiger charge is -2.29. The molecule has 1 saturated heterocycles. The van der Waals surface area contributed by atoms with Crippen LogP contribution in [0.25, 0.3) is 0 Å². The average Bonchev–Trinajstić information content (AvgIpc) is 2.68. The first-order chi connectivity index (χ1) is 8.96. The molecule has 3 rings (SSSR count). The standard InChI is InChI=1S/C13H11NO5/c1-13(2)18-11(15)9(12(16)19-13)10-14-7-5-3-4-6-8(7)17-10/h3-6,14H,1-2H3. The summed E-state index contributed by atoms with van der Waals surface area (Å²) in [7, 11) is 0. The minimum atomic E-state index is -1.26. The van der Waals surface area contributed by atoms with E-state index in [4.69, 9.17) is 14.2 Å². The number of anilines is 1. The van der Waals surface area contributed by atoms with Crippen LogP contribution in [0.15, 0.2) is 35.7 Å². The molecule has 0 bridgehead atoms. The maximum Gasteiger partial charge on any atom is 0.354 e. The topological polar surface area (TPSA) is 73.9 Å². The van der Waals surface area contributed by atoms with Crippen LogP contribution in [0.1, 0.15) is 13.8 Å². The highest BCUT2D eigenvalue weighted by Gasteiger charge is 2.43. The minimum absolute atomic E-state index is 0.0340. The summed E-state index contributed by atoms with van der Waals surface area (Å²) in [6.07, 6.45) is 0. The van der Waals surface area contributed by atoms with Crippen LogP contribution < -0.4 is 10.1 Å². The average molecular weight is 261 g/mol. The number of cyclic esters (lactones) is 2. The molecule has 0 radical (unpaired) electrons. The molecule has 2 aliphatic rings. The first-order valence-corrected chi connectivity index (χ1v) is 5.71. The number of nitrogens with one attached hydrogen (secondary N) is 1. The van der Waals surface area contributed by atoms with E-state index in [0.717, 1.165) is 0 Å². The quantitative estimate of drug-likeness (QED) is 0.434. The highest BCUT2D eigenvalue weighted by atomic mass is 16.7. The molecule has 0 atom stereocenters. The van der Waals surface area contributed by atoms with Crippen molar-refractivity contribution in [2.24, 2.45) is 0 Å². The summed E-state index contributed by atoms with van der Waals surface area (Å²) in [5.41, 5.74) is 0.408. The summed E-state index contributed by atoms with van der Waals surface area (Å²) in [5.74, 6) is -2.22. The number of carbonyl (C=O) groups excluding carboxylic acids is 2. The van der Waals surface area contributed by atoms with Gasteiger partial charge >= 0.3 is 11.9 Å². The third-order valence-electron chi connectivity index (χ3n) is 2.66. The second-order valence-electron chi connectivity index (χ2n) is 4.61. The first kappa shape index (κ1) is 11.6. The minimum Gasteiger partial charge on any atom is -0.438 e. The largest absolute Gasteiger partial charge is 0.438 e. The van der Waals surface area contributed by atoms with E-state index in [2.05, 4.69) is 5.32 Å². The van der Waals surface area contributed by atoms with Crippen LogP contribution in [0, 0.1) is 0 Å². The van der Waals surface area contributed by atoms with Gasteiger partial charge in [0.1, 0.15) is 0 Å². The fraction of sp³-hybridized carbons (Fsp3) is 0.231. The maximum absolute atomic E-state index is 11.9. The Kier molecular flexibility index (Phi) is 2.28. The highest BCUT2D eigenvalue weighted by molar-refractivity contribution is 6.16. The normalized spacial score (nSPS) is 20.1. The molecule has 0 amide bonds. The van der Waals surface area contributed by atoms with Gasteiger partial charge in [-0.1, -0.05) is 12.1 Å². The Hall–Kier alpha value is -2.50. The Labute approximate surface area is 108 Å². The zero-order valence-corrected chi connectivity index (χ0v) is 10.4. The monoisotopic (exact) mass is 261 g/mol. The summed E-state index contributed by atoms with van der Waals surface area (Å²) in [6, 6.07) is 7.09. The SMILES string of the molecule is CC1(C)OC(=O)C(=C2Nc3ccccc3O2)C(=O)O1. The van der Waals surface area contributed by atoms with E-state index in [-0.39, 0.29) is 11.5 Å². The van der Waals surface area contributed by atoms with Gasteiger partial charge in [0, 0.05) is 13.8 Å². The van der Waals surface area contributed by atoms with Crippen molar-refractivity contribution in [3.63, 3.8) is 0 Å². The third-order valence-corrected chi connectivity index (χ3v) is 2.66. The fourth-order valence-electron chi connectivity index (χ4n) is 1.87. The second-order valence-corrected chi connectivity index (χ2v) is 4.61. The van der Waals surface area contributed by atoms with Crippen LogP contribution in [0.5, 0.6) is 5.75 Å².